The van der Waals surface area contributed by atoms with E-state index < -0.39 is 33.8 Å². The van der Waals surface area contributed by atoms with Crippen molar-refractivity contribution >= 4 is 27.5 Å². The molecule has 2 rings (SSSR count). The average Bonchev–Trinajstić information content (AvgIpc) is 2.62. The SMILES string of the molecule is Cc1cccc(N(Cc2ccc(C(=O)NNC(=O)C(F)(F)F)cc2F)S(C)(=O)=O)c1. The number of nitrogens with zero attached hydrogens (tertiary/aromatic N) is 1. The molecule has 2 aromatic rings. The van der Waals surface area contributed by atoms with E-state index in [-0.39, 0.29) is 17.7 Å². The van der Waals surface area contributed by atoms with E-state index in [1.54, 1.807) is 25.1 Å². The van der Waals surface area contributed by atoms with Crippen molar-refractivity contribution in [2.45, 2.75) is 19.6 Å². The van der Waals surface area contributed by atoms with Crippen molar-refractivity contribution in [2.24, 2.45) is 0 Å². The van der Waals surface area contributed by atoms with Crippen LogP contribution in [-0.2, 0) is 21.4 Å². The molecular formula is C18H17F4N3O4S. The van der Waals surface area contributed by atoms with Gasteiger partial charge in [-0.3, -0.25) is 24.7 Å². The van der Waals surface area contributed by atoms with Crippen molar-refractivity contribution in [3.8, 4) is 0 Å². The Hall–Kier alpha value is -3.15. The lowest BCUT2D eigenvalue weighted by Gasteiger charge is -2.23. The lowest BCUT2D eigenvalue weighted by Crippen LogP contribution is -2.47. The number of sulfonamides is 1. The normalized spacial score (nSPS) is 11.7. The van der Waals surface area contributed by atoms with E-state index >= 15 is 0 Å². The number of nitrogens with one attached hydrogen (secondary N) is 2. The maximum atomic E-state index is 14.5. The minimum absolute atomic E-state index is 0.0715. The first-order valence-electron chi connectivity index (χ1n) is 8.29. The molecule has 0 spiro atoms. The lowest BCUT2D eigenvalue weighted by atomic mass is 10.1. The molecule has 7 nitrogen and oxygen atoms in total. The zero-order valence-electron chi connectivity index (χ0n) is 15.7. The van der Waals surface area contributed by atoms with Gasteiger partial charge < -0.3 is 0 Å². The summed E-state index contributed by atoms with van der Waals surface area (Å²) in [6, 6.07) is 9.48. The third kappa shape index (κ3) is 5.92. The highest BCUT2D eigenvalue weighted by Gasteiger charge is 2.39. The van der Waals surface area contributed by atoms with Crippen molar-refractivity contribution in [3.63, 3.8) is 0 Å². The summed E-state index contributed by atoms with van der Waals surface area (Å²) in [6.07, 6.45) is -4.24. The molecule has 0 aliphatic rings. The Labute approximate surface area is 169 Å². The first-order valence-corrected chi connectivity index (χ1v) is 10.1. The molecule has 2 aromatic carbocycles. The zero-order valence-corrected chi connectivity index (χ0v) is 16.6. The largest absolute Gasteiger partial charge is 0.472 e. The van der Waals surface area contributed by atoms with Crippen LogP contribution in [0.1, 0.15) is 21.5 Å². The van der Waals surface area contributed by atoms with E-state index in [9.17, 15) is 35.6 Å². The van der Waals surface area contributed by atoms with E-state index in [1.807, 2.05) is 0 Å². The second-order valence-corrected chi connectivity index (χ2v) is 8.23. The van der Waals surface area contributed by atoms with Crippen molar-refractivity contribution in [3.05, 3.63) is 65.0 Å². The van der Waals surface area contributed by atoms with Crippen LogP contribution in [0.25, 0.3) is 0 Å². The summed E-state index contributed by atoms with van der Waals surface area (Å²) in [7, 11) is -3.77. The lowest BCUT2D eigenvalue weighted by molar-refractivity contribution is -0.174. The van der Waals surface area contributed by atoms with Crippen molar-refractivity contribution in [2.75, 3.05) is 10.6 Å². The Morgan fingerprint density at radius 3 is 2.27 bits per heavy atom. The van der Waals surface area contributed by atoms with Crippen LogP contribution in [0.15, 0.2) is 42.5 Å². The number of benzene rings is 2. The predicted octanol–water partition coefficient (Wildman–Crippen LogP) is 2.42. The highest BCUT2D eigenvalue weighted by Crippen LogP contribution is 2.23. The molecule has 0 aromatic heterocycles. The quantitative estimate of drug-likeness (QED) is 0.544. The van der Waals surface area contributed by atoms with E-state index in [1.165, 1.54) is 11.5 Å². The van der Waals surface area contributed by atoms with Gasteiger partial charge in [-0.05, 0) is 36.8 Å². The summed E-state index contributed by atoms with van der Waals surface area (Å²) in [5.74, 6) is -4.53. The fourth-order valence-corrected chi connectivity index (χ4v) is 3.28. The molecule has 0 bridgehead atoms. The molecule has 2 N–H and O–H groups in total. The number of halogens is 4. The summed E-state index contributed by atoms with van der Waals surface area (Å²) in [5, 5.41) is 0. The van der Waals surface area contributed by atoms with Crippen LogP contribution < -0.4 is 15.2 Å². The standard InChI is InChI=1S/C18H17F4N3O4S/c1-11-4-3-5-14(8-11)25(30(2,28)29)10-13-7-6-12(9-15(13)19)16(26)23-24-17(27)18(20,21)22/h3-9H,10H2,1-2H3,(H,23,26)(H,24,27). The van der Waals surface area contributed by atoms with E-state index in [0.717, 1.165) is 39.7 Å². The van der Waals surface area contributed by atoms with Gasteiger partial charge in [0.15, 0.2) is 0 Å². The Bertz CT molecular complexity index is 1070. The molecule has 0 saturated heterocycles. The topological polar surface area (TPSA) is 95.6 Å². The summed E-state index contributed by atoms with van der Waals surface area (Å²) in [5.41, 5.74) is 3.33. The molecule has 30 heavy (non-hydrogen) atoms. The van der Waals surface area contributed by atoms with Gasteiger partial charge in [0, 0.05) is 11.1 Å². The number of alkyl halides is 3. The number of hydrogen-bond donors (Lipinski definition) is 2. The molecule has 0 atom stereocenters. The Kier molecular flexibility index (Phi) is 6.70. The molecule has 0 aliphatic heterocycles. The van der Waals surface area contributed by atoms with Crippen LogP contribution in [0.3, 0.4) is 0 Å². The van der Waals surface area contributed by atoms with Gasteiger partial charge in [-0.1, -0.05) is 18.2 Å². The second-order valence-electron chi connectivity index (χ2n) is 6.32. The van der Waals surface area contributed by atoms with Crippen molar-refractivity contribution < 1.29 is 35.6 Å². The van der Waals surface area contributed by atoms with Gasteiger partial charge in [-0.15, -0.1) is 0 Å². The molecule has 0 heterocycles. The number of anilines is 1. The number of carbonyl (C=O) groups is 2. The third-order valence-corrected chi connectivity index (χ3v) is 5.01. The zero-order chi connectivity index (χ0) is 22.7. The van der Waals surface area contributed by atoms with Crippen LogP contribution in [0.4, 0.5) is 23.2 Å². The van der Waals surface area contributed by atoms with Crippen LogP contribution in [-0.4, -0.2) is 32.7 Å². The number of aryl methyl sites for hydroxylation is 1. The summed E-state index contributed by atoms with van der Waals surface area (Å²) < 4.78 is 76.2. The van der Waals surface area contributed by atoms with Crippen LogP contribution >= 0.6 is 0 Å². The maximum absolute atomic E-state index is 14.5. The van der Waals surface area contributed by atoms with Crippen molar-refractivity contribution in [1.29, 1.82) is 0 Å². The molecule has 12 heteroatoms. The number of amides is 2. The predicted molar refractivity (Wildman–Crippen MR) is 100 cm³/mol. The van der Waals surface area contributed by atoms with Crippen molar-refractivity contribution in [1.82, 2.24) is 10.9 Å². The van der Waals surface area contributed by atoms with Crippen LogP contribution in [0.5, 0.6) is 0 Å². The number of carbonyl (C=O) groups excluding carboxylic acids is 2. The molecule has 0 radical (unpaired) electrons. The van der Waals surface area contributed by atoms with E-state index in [2.05, 4.69) is 0 Å². The Morgan fingerprint density at radius 1 is 1.07 bits per heavy atom. The molecule has 162 valence electrons. The van der Waals surface area contributed by atoms with Crippen LogP contribution in [0, 0.1) is 12.7 Å². The van der Waals surface area contributed by atoms with E-state index in [0.29, 0.717) is 5.69 Å². The van der Waals surface area contributed by atoms with Gasteiger partial charge in [0.25, 0.3) is 5.91 Å². The minimum atomic E-state index is -5.20. The number of rotatable bonds is 5. The molecular weight excluding hydrogens is 430 g/mol. The molecule has 0 saturated carbocycles. The number of hydrazine groups is 1. The molecule has 0 unspecified atom stereocenters. The Balaban J connectivity index is 2.21. The summed E-state index contributed by atoms with van der Waals surface area (Å²) >= 11 is 0. The van der Waals surface area contributed by atoms with Gasteiger partial charge in [-0.2, -0.15) is 13.2 Å². The van der Waals surface area contributed by atoms with Gasteiger partial charge >= 0.3 is 12.1 Å². The minimum Gasteiger partial charge on any atom is -0.267 e. The highest BCUT2D eigenvalue weighted by molar-refractivity contribution is 7.92. The van der Waals surface area contributed by atoms with Gasteiger partial charge in [0.2, 0.25) is 10.0 Å². The molecule has 0 aliphatic carbocycles. The first kappa shape index (κ1) is 23.1. The maximum Gasteiger partial charge on any atom is 0.472 e. The fraction of sp³-hybridized carbons (Fsp3) is 0.222. The van der Waals surface area contributed by atoms with Gasteiger partial charge in [0.05, 0.1) is 18.5 Å². The Morgan fingerprint density at radius 2 is 1.73 bits per heavy atom. The second kappa shape index (κ2) is 8.69. The first-order chi connectivity index (χ1) is 13.8. The highest BCUT2D eigenvalue weighted by atomic mass is 32.2. The molecule has 2 amide bonds. The average molecular weight is 447 g/mol. The van der Waals surface area contributed by atoms with Crippen LogP contribution in [0.2, 0.25) is 0 Å². The van der Waals surface area contributed by atoms with Gasteiger partial charge in [-0.25, -0.2) is 12.8 Å². The van der Waals surface area contributed by atoms with E-state index in [4.69, 9.17) is 0 Å². The summed E-state index contributed by atoms with van der Waals surface area (Å²) in [6.45, 7) is 1.39. The third-order valence-electron chi connectivity index (χ3n) is 3.87. The summed E-state index contributed by atoms with van der Waals surface area (Å²) in [4.78, 5) is 22.5. The number of hydrogen-bond acceptors (Lipinski definition) is 4. The molecule has 0 fully saturated rings. The monoisotopic (exact) mass is 447 g/mol. The smallest absolute Gasteiger partial charge is 0.267 e. The van der Waals surface area contributed by atoms with Gasteiger partial charge in [0.1, 0.15) is 5.82 Å². The fourth-order valence-electron chi connectivity index (χ4n) is 2.41.